The smallest absolute Gasteiger partial charge is 0.317 e. The third-order valence-electron chi connectivity index (χ3n) is 12.7. The molecule has 466 valence electrons. The number of halogens is 2. The Bertz CT molecular complexity index is 2460. The highest BCUT2D eigenvalue weighted by Gasteiger charge is 2.23. The van der Waals surface area contributed by atoms with Gasteiger partial charge < -0.3 is 76.0 Å². The minimum atomic E-state index is -0.00639. The molecule has 83 heavy (non-hydrogen) atoms. The Morgan fingerprint density at radius 2 is 0.614 bits per heavy atom. The molecule has 35 heteroatoms. The zero-order valence-electron chi connectivity index (χ0n) is 50.0. The number of piperazine rings is 6. The molecule has 6 fully saturated rings. The van der Waals surface area contributed by atoms with E-state index >= 15 is 0 Å². The number of amides is 6. The molecule has 0 aromatic carbocycles. The molecule has 0 atom stereocenters. The molecule has 0 unspecified atom stereocenters. The number of aromatic nitrogens is 10. The summed E-state index contributed by atoms with van der Waals surface area (Å²) in [5, 5.41) is 20.7. The van der Waals surface area contributed by atoms with Crippen molar-refractivity contribution in [1.29, 1.82) is 0 Å². The number of nitrogens with zero attached hydrogens (tertiary/aromatic N) is 19. The maximum Gasteiger partial charge on any atom is 0.317 e. The molecule has 0 spiro atoms. The van der Waals surface area contributed by atoms with Crippen LogP contribution in [0.25, 0.3) is 0 Å². The van der Waals surface area contributed by atoms with Crippen LogP contribution in [0.2, 0.25) is 8.93 Å². The average Bonchev–Trinajstić information content (AvgIpc) is 4.56. The van der Waals surface area contributed by atoms with Gasteiger partial charge in [-0.25, -0.2) is 39.3 Å². The quantitative estimate of drug-likeness (QED) is 0.151. The van der Waals surface area contributed by atoms with Crippen LogP contribution in [0.4, 0.5) is 29.8 Å². The second kappa shape index (κ2) is 39.9. The van der Waals surface area contributed by atoms with E-state index < -0.39 is 0 Å². The Morgan fingerprint density at radius 1 is 0.361 bits per heavy atom. The second-order valence-corrected chi connectivity index (χ2v) is 24.2. The van der Waals surface area contributed by atoms with Crippen LogP contribution in [0.1, 0.15) is 29.1 Å². The van der Waals surface area contributed by atoms with E-state index in [2.05, 4.69) is 129 Å². The van der Waals surface area contributed by atoms with Crippen molar-refractivity contribution < 1.29 is 14.4 Å². The van der Waals surface area contributed by atoms with Gasteiger partial charge in [-0.05, 0) is 102 Å². The fourth-order valence-electron chi connectivity index (χ4n) is 7.87. The van der Waals surface area contributed by atoms with Gasteiger partial charge in [0.15, 0.2) is 0 Å². The molecule has 6 saturated heterocycles. The lowest BCUT2D eigenvalue weighted by Gasteiger charge is -2.33. The lowest BCUT2D eigenvalue weighted by Crippen LogP contribution is -2.51. The van der Waals surface area contributed by atoms with E-state index in [-0.39, 0.29) is 18.1 Å². The zero-order chi connectivity index (χ0) is 60.5. The van der Waals surface area contributed by atoms with Crippen molar-refractivity contribution in [3.05, 3.63) is 38.1 Å². The van der Waals surface area contributed by atoms with E-state index in [9.17, 15) is 14.4 Å². The van der Waals surface area contributed by atoms with Gasteiger partial charge in [-0.15, -0.1) is 0 Å². The zero-order valence-corrected chi connectivity index (χ0v) is 55.6. The van der Waals surface area contributed by atoms with Gasteiger partial charge in [0.2, 0.25) is 24.3 Å². The van der Waals surface area contributed by atoms with Crippen LogP contribution in [0.5, 0.6) is 0 Å². The van der Waals surface area contributed by atoms with Crippen molar-refractivity contribution in [2.24, 2.45) is 0 Å². The van der Waals surface area contributed by atoms with Crippen molar-refractivity contribution in [3.63, 3.8) is 0 Å². The summed E-state index contributed by atoms with van der Waals surface area (Å²) in [5.74, 6) is 4.08. The number of aryl methyl sites for hydroxylation is 5. The van der Waals surface area contributed by atoms with Crippen molar-refractivity contribution in [2.75, 3.05) is 214 Å². The maximum absolute atomic E-state index is 11.4. The predicted octanol–water partition coefficient (Wildman–Crippen LogP) is 2.49. The SMILES string of the molecule is CN1CCNCC1.CNC(=O)N1CCN(C)CC1.CNC(=O)N1CCN(c2nc(C)ns2)CC1.CNC(=O)N1CCNCC1.Cc1nsc(Cl)n1.Cc1nsc(Cl)n1.Cc1nsc(N2CCN(C)CC2)n1.Cc1nsc(N2CCNCC2)n1. The second-order valence-electron chi connectivity index (χ2n) is 19.3. The molecule has 0 radical (unpaired) electrons. The maximum atomic E-state index is 11.4. The number of nitrogens with one attached hydrogen (secondary N) is 6. The summed E-state index contributed by atoms with van der Waals surface area (Å²) >= 11 is 17.6. The molecule has 6 aliphatic heterocycles. The Kier molecular flexibility index (Phi) is 34.0. The molecule has 5 aromatic heterocycles. The van der Waals surface area contributed by atoms with Crippen LogP contribution >= 0.6 is 80.9 Å². The molecule has 0 bridgehead atoms. The van der Waals surface area contributed by atoms with Crippen molar-refractivity contribution >= 4 is 114 Å². The summed E-state index contributed by atoms with van der Waals surface area (Å²) < 4.78 is 21.2. The Labute approximate surface area is 520 Å². The Hall–Kier alpha value is -4.65. The first-order valence-corrected chi connectivity index (χ1v) is 32.1. The van der Waals surface area contributed by atoms with Gasteiger partial charge >= 0.3 is 18.1 Å². The summed E-state index contributed by atoms with van der Waals surface area (Å²) in [5.41, 5.74) is 0. The number of hydrogen-bond acceptors (Lipinski definition) is 27. The molecular weight excluding hydrogens is 1210 g/mol. The molecule has 28 nitrogen and oxygen atoms in total. The first-order chi connectivity index (χ1) is 39.9. The third-order valence-corrected chi connectivity index (χ3v) is 17.1. The molecule has 6 N–H and O–H groups in total. The molecule has 11 heterocycles. The summed E-state index contributed by atoms with van der Waals surface area (Å²) in [4.78, 5) is 73.1. The molecule has 6 aliphatic rings. The van der Waals surface area contributed by atoms with Gasteiger partial charge in [-0.3, -0.25) is 0 Å². The van der Waals surface area contributed by atoms with E-state index in [1.54, 1.807) is 26.0 Å². The third kappa shape index (κ3) is 28.4. The highest BCUT2D eigenvalue weighted by molar-refractivity contribution is 7.11. The fraction of sp³-hybridized carbons (Fsp3) is 0.729. The number of anilines is 3. The summed E-state index contributed by atoms with van der Waals surface area (Å²) in [6.45, 7) is 32.9. The molecule has 0 saturated carbocycles. The summed E-state index contributed by atoms with van der Waals surface area (Å²) in [6.07, 6.45) is 0. The van der Waals surface area contributed by atoms with Gasteiger partial charge in [-0.1, -0.05) is 0 Å². The fourth-order valence-corrected chi connectivity index (χ4v) is 11.3. The van der Waals surface area contributed by atoms with E-state index in [1.165, 1.54) is 70.8 Å². The topological polar surface area (TPSA) is 281 Å². The number of hydrogen-bond donors (Lipinski definition) is 6. The molecule has 6 amide bonds. The van der Waals surface area contributed by atoms with Crippen LogP contribution in [-0.2, 0) is 0 Å². The minimum absolute atomic E-state index is 0.00639. The van der Waals surface area contributed by atoms with Gasteiger partial charge in [0.05, 0.1) is 0 Å². The number of carbonyl (C=O) groups excluding carboxylic acids is 3. The lowest BCUT2D eigenvalue weighted by molar-refractivity contribution is 0.156. The predicted molar refractivity (Wildman–Crippen MR) is 339 cm³/mol. The average molecular weight is 1290 g/mol. The minimum Gasteiger partial charge on any atom is -0.344 e. The number of likely N-dealkylation sites (N-methyl/N-ethyl adjacent to an activating group) is 3. The molecule has 5 aromatic rings. The number of carbonyl (C=O) groups is 3. The van der Waals surface area contributed by atoms with Crippen molar-refractivity contribution in [3.8, 4) is 0 Å². The molecule has 0 aliphatic carbocycles. The van der Waals surface area contributed by atoms with Crippen molar-refractivity contribution in [2.45, 2.75) is 34.6 Å². The van der Waals surface area contributed by atoms with Crippen LogP contribution in [0, 0.1) is 34.6 Å². The van der Waals surface area contributed by atoms with Crippen LogP contribution in [-0.4, -0.2) is 294 Å². The van der Waals surface area contributed by atoms with E-state index in [1.807, 2.05) is 44.4 Å². The Morgan fingerprint density at radius 3 is 0.880 bits per heavy atom. The van der Waals surface area contributed by atoms with Gasteiger partial charge in [0, 0.05) is 213 Å². The van der Waals surface area contributed by atoms with Crippen LogP contribution < -0.4 is 46.6 Å². The van der Waals surface area contributed by atoms with Gasteiger partial charge in [0.25, 0.3) is 0 Å². The highest BCUT2D eigenvalue weighted by Crippen LogP contribution is 2.20. The summed E-state index contributed by atoms with van der Waals surface area (Å²) in [6, 6.07) is 0.0627. The first kappa shape index (κ1) is 70.8. The Balaban J connectivity index is 0.000000207. The molecular formula is C48H87Cl2N25O3S5. The van der Waals surface area contributed by atoms with E-state index in [0.29, 0.717) is 8.93 Å². The molecule has 11 rings (SSSR count). The number of urea groups is 3. The highest BCUT2D eigenvalue weighted by atomic mass is 35.5. The van der Waals surface area contributed by atoms with Crippen molar-refractivity contribution in [1.82, 2.24) is 108 Å². The van der Waals surface area contributed by atoms with Crippen LogP contribution in [0.15, 0.2) is 0 Å². The standard InChI is InChI=1S/C9H15N5OS.C8H14N4S.C7H12N4S.C7H15N3O.C6H13N3O.C5H12N2.2C3H3ClN2S/c1-7-11-9(16-12-7)14-5-3-13(4-6-14)8(15)10-2;1-7-9-8(13-10-7)12-5-3-11(2)4-6-12;1-6-9-7(12-10-6)11-4-2-8-3-5-11;1-8-7(11)10-5-3-9(2)4-6-10;1-7-6(10)9-4-2-8-3-5-9;1-7-4-2-6-3-5-7;2*1-2-5-3(4)7-6-2/h3-6H2,1-2H3,(H,10,15);3-6H2,1-2H3;8H,2-5H2,1H3;3-6H2,1-2H3,(H,8,11);8H,2-5H2,1H3,(H,7,10);6H,2-5H2,1H3;2*1H3. The van der Waals surface area contributed by atoms with Crippen LogP contribution in [0.3, 0.4) is 0 Å². The lowest BCUT2D eigenvalue weighted by atomic mass is 10.3. The normalized spacial score (nSPS) is 17.5. The largest absolute Gasteiger partial charge is 0.344 e. The van der Waals surface area contributed by atoms with Gasteiger partial charge in [0.1, 0.15) is 29.1 Å². The summed E-state index contributed by atoms with van der Waals surface area (Å²) in [7, 11) is 11.4. The van der Waals surface area contributed by atoms with E-state index in [0.717, 1.165) is 189 Å². The van der Waals surface area contributed by atoms with E-state index in [4.69, 9.17) is 23.2 Å². The first-order valence-electron chi connectivity index (χ1n) is 27.5. The monoisotopic (exact) mass is 1290 g/mol. The number of rotatable bonds is 3. The van der Waals surface area contributed by atoms with Gasteiger partial charge in [-0.2, -0.15) is 21.9 Å².